The first kappa shape index (κ1) is 15.9. The normalized spacial score (nSPS) is 12.8. The Bertz CT molecular complexity index is 394. The number of nitrogens with zero attached hydrogens (tertiary/aromatic N) is 1. The summed E-state index contributed by atoms with van der Waals surface area (Å²) in [6.45, 7) is 8.16. The number of hydrogen-bond acceptors (Lipinski definition) is 3. The molecule has 1 aromatic rings. The van der Waals surface area contributed by atoms with Gasteiger partial charge in [-0.25, -0.2) is 4.39 Å². The number of methoxy groups -OCH3 is 1. The molecule has 1 rings (SSSR count). The Balaban J connectivity index is 2.94. The van der Waals surface area contributed by atoms with Gasteiger partial charge in [0.05, 0.1) is 12.3 Å². The van der Waals surface area contributed by atoms with Gasteiger partial charge in [0.25, 0.3) is 0 Å². The molecule has 0 unspecified atom stereocenters. The molecule has 19 heavy (non-hydrogen) atoms. The van der Waals surface area contributed by atoms with Crippen LogP contribution in [-0.4, -0.2) is 26.8 Å². The molecule has 0 aliphatic heterocycles. The summed E-state index contributed by atoms with van der Waals surface area (Å²) in [7, 11) is 1.66. The van der Waals surface area contributed by atoms with E-state index in [2.05, 4.69) is 13.8 Å². The standard InChI is InChI=1S/C15H25FN2O/c1-11(2)10-18(7-8-19-4)15-6-5-13(12(3)17)9-14(15)16/h5-6,9,11-12H,7-8,10,17H2,1-4H3/t12-/m1/s1. The second-order valence-electron chi connectivity index (χ2n) is 5.33. The highest BCUT2D eigenvalue weighted by Crippen LogP contribution is 2.23. The highest BCUT2D eigenvalue weighted by molar-refractivity contribution is 5.49. The molecule has 4 heteroatoms. The topological polar surface area (TPSA) is 38.5 Å². The zero-order chi connectivity index (χ0) is 14.4. The number of hydrogen-bond donors (Lipinski definition) is 1. The Kier molecular flexibility index (Phi) is 6.25. The second-order valence-corrected chi connectivity index (χ2v) is 5.33. The molecule has 2 N–H and O–H groups in total. The summed E-state index contributed by atoms with van der Waals surface area (Å²) in [6.07, 6.45) is 0. The lowest BCUT2D eigenvalue weighted by molar-refractivity contribution is 0.204. The number of anilines is 1. The Labute approximate surface area is 115 Å². The summed E-state index contributed by atoms with van der Waals surface area (Å²) in [6, 6.07) is 5.08. The number of halogens is 1. The van der Waals surface area contributed by atoms with Crippen molar-refractivity contribution in [3.05, 3.63) is 29.6 Å². The Morgan fingerprint density at radius 2 is 2.00 bits per heavy atom. The molecule has 0 aromatic heterocycles. The number of benzene rings is 1. The van der Waals surface area contributed by atoms with Crippen molar-refractivity contribution in [1.82, 2.24) is 0 Å². The third-order valence-corrected chi connectivity index (χ3v) is 2.99. The van der Waals surface area contributed by atoms with Crippen molar-refractivity contribution < 1.29 is 9.13 Å². The van der Waals surface area contributed by atoms with Crippen LogP contribution in [0.15, 0.2) is 18.2 Å². The van der Waals surface area contributed by atoms with Gasteiger partial charge in [-0.2, -0.15) is 0 Å². The summed E-state index contributed by atoms with van der Waals surface area (Å²) in [4.78, 5) is 2.02. The molecule has 0 fully saturated rings. The van der Waals surface area contributed by atoms with Crippen LogP contribution in [0, 0.1) is 11.7 Å². The van der Waals surface area contributed by atoms with Gasteiger partial charge in [-0.3, -0.25) is 0 Å². The monoisotopic (exact) mass is 268 g/mol. The lowest BCUT2D eigenvalue weighted by Gasteiger charge is -2.27. The van der Waals surface area contributed by atoms with Crippen molar-refractivity contribution in [3.8, 4) is 0 Å². The molecule has 1 atom stereocenters. The van der Waals surface area contributed by atoms with Gasteiger partial charge in [-0.1, -0.05) is 19.9 Å². The predicted octanol–water partition coefficient (Wildman–Crippen LogP) is 2.95. The minimum absolute atomic E-state index is 0.152. The Hall–Kier alpha value is -1.13. The highest BCUT2D eigenvalue weighted by atomic mass is 19.1. The average molecular weight is 268 g/mol. The van der Waals surface area contributed by atoms with Crippen LogP contribution in [0.2, 0.25) is 0 Å². The molecule has 0 bridgehead atoms. The van der Waals surface area contributed by atoms with Crippen LogP contribution in [0.1, 0.15) is 32.4 Å². The predicted molar refractivity (Wildman–Crippen MR) is 77.9 cm³/mol. The van der Waals surface area contributed by atoms with Gasteiger partial charge in [0.2, 0.25) is 0 Å². The van der Waals surface area contributed by atoms with Gasteiger partial charge in [-0.05, 0) is 30.5 Å². The maximum atomic E-state index is 14.2. The van der Waals surface area contributed by atoms with E-state index in [1.54, 1.807) is 7.11 Å². The lowest BCUT2D eigenvalue weighted by atomic mass is 10.1. The van der Waals surface area contributed by atoms with Crippen LogP contribution in [0.3, 0.4) is 0 Å². The largest absolute Gasteiger partial charge is 0.383 e. The molecule has 0 saturated heterocycles. The third kappa shape index (κ3) is 4.80. The van der Waals surface area contributed by atoms with E-state index < -0.39 is 0 Å². The van der Waals surface area contributed by atoms with E-state index in [0.717, 1.165) is 12.1 Å². The van der Waals surface area contributed by atoms with Crippen LogP contribution in [-0.2, 0) is 4.74 Å². The Morgan fingerprint density at radius 1 is 1.32 bits per heavy atom. The SMILES string of the molecule is COCCN(CC(C)C)c1ccc([C@@H](C)N)cc1F. The van der Waals surface area contributed by atoms with Crippen molar-refractivity contribution in [3.63, 3.8) is 0 Å². The first-order valence-corrected chi connectivity index (χ1v) is 6.74. The first-order chi connectivity index (χ1) is 8.95. The molecule has 3 nitrogen and oxygen atoms in total. The van der Waals surface area contributed by atoms with Crippen molar-refractivity contribution >= 4 is 5.69 Å². The summed E-state index contributed by atoms with van der Waals surface area (Å²) >= 11 is 0. The van der Waals surface area contributed by atoms with Gasteiger partial charge in [0.15, 0.2) is 0 Å². The molecule has 0 radical (unpaired) electrons. The van der Waals surface area contributed by atoms with Crippen LogP contribution >= 0.6 is 0 Å². The molecule has 0 saturated carbocycles. The fourth-order valence-electron chi connectivity index (χ4n) is 2.02. The summed E-state index contributed by atoms with van der Waals surface area (Å²) in [5.41, 5.74) is 7.21. The molecule has 0 aliphatic rings. The van der Waals surface area contributed by atoms with Crippen LogP contribution in [0.25, 0.3) is 0 Å². The number of rotatable bonds is 7. The molecular formula is C15H25FN2O. The van der Waals surface area contributed by atoms with E-state index in [9.17, 15) is 4.39 Å². The molecule has 108 valence electrons. The van der Waals surface area contributed by atoms with Crippen molar-refractivity contribution in [2.75, 3.05) is 31.7 Å². The highest BCUT2D eigenvalue weighted by Gasteiger charge is 2.14. The van der Waals surface area contributed by atoms with E-state index in [1.807, 2.05) is 24.0 Å². The Morgan fingerprint density at radius 3 is 2.47 bits per heavy atom. The van der Waals surface area contributed by atoms with Gasteiger partial charge < -0.3 is 15.4 Å². The zero-order valence-corrected chi connectivity index (χ0v) is 12.3. The summed E-state index contributed by atoms with van der Waals surface area (Å²) in [5, 5.41) is 0. The summed E-state index contributed by atoms with van der Waals surface area (Å²) in [5.74, 6) is 0.246. The van der Waals surface area contributed by atoms with Crippen molar-refractivity contribution in [1.29, 1.82) is 0 Å². The third-order valence-electron chi connectivity index (χ3n) is 2.99. The molecule has 0 spiro atoms. The maximum Gasteiger partial charge on any atom is 0.146 e. The van der Waals surface area contributed by atoms with E-state index in [1.165, 1.54) is 6.07 Å². The van der Waals surface area contributed by atoms with E-state index >= 15 is 0 Å². The van der Waals surface area contributed by atoms with Gasteiger partial charge >= 0.3 is 0 Å². The van der Waals surface area contributed by atoms with Gasteiger partial charge in [0.1, 0.15) is 5.82 Å². The fourth-order valence-corrected chi connectivity index (χ4v) is 2.02. The first-order valence-electron chi connectivity index (χ1n) is 6.74. The number of ether oxygens (including phenoxy) is 1. The average Bonchev–Trinajstić information content (AvgIpc) is 2.34. The zero-order valence-electron chi connectivity index (χ0n) is 12.3. The fraction of sp³-hybridized carbons (Fsp3) is 0.600. The minimum atomic E-state index is -0.216. The van der Waals surface area contributed by atoms with Crippen LogP contribution < -0.4 is 10.6 Å². The maximum absolute atomic E-state index is 14.2. The van der Waals surface area contributed by atoms with Crippen molar-refractivity contribution in [2.45, 2.75) is 26.8 Å². The van der Waals surface area contributed by atoms with Crippen molar-refractivity contribution in [2.24, 2.45) is 11.7 Å². The molecule has 0 heterocycles. The van der Waals surface area contributed by atoms with Crippen LogP contribution in [0.5, 0.6) is 0 Å². The van der Waals surface area contributed by atoms with Gasteiger partial charge in [0, 0.05) is 26.2 Å². The van der Waals surface area contributed by atoms with E-state index in [4.69, 9.17) is 10.5 Å². The lowest BCUT2D eigenvalue weighted by Crippen LogP contribution is -2.31. The molecule has 1 aromatic carbocycles. The van der Waals surface area contributed by atoms with E-state index in [0.29, 0.717) is 24.8 Å². The van der Waals surface area contributed by atoms with E-state index in [-0.39, 0.29) is 11.9 Å². The second kappa shape index (κ2) is 7.46. The number of nitrogens with two attached hydrogens (primary N) is 1. The summed E-state index contributed by atoms with van der Waals surface area (Å²) < 4.78 is 19.3. The van der Waals surface area contributed by atoms with Gasteiger partial charge in [-0.15, -0.1) is 0 Å². The molecule has 0 amide bonds. The van der Waals surface area contributed by atoms with Crippen LogP contribution in [0.4, 0.5) is 10.1 Å². The quantitative estimate of drug-likeness (QED) is 0.826. The molecular weight excluding hydrogens is 243 g/mol. The molecule has 0 aliphatic carbocycles. The smallest absolute Gasteiger partial charge is 0.146 e. The minimum Gasteiger partial charge on any atom is -0.383 e.